The lowest BCUT2D eigenvalue weighted by atomic mass is 9.95. The molecule has 158 valence electrons. The molecule has 0 spiro atoms. The van der Waals surface area contributed by atoms with E-state index in [0.29, 0.717) is 35.7 Å². The average molecular weight is 430 g/mol. The Hall–Kier alpha value is -2.99. The summed E-state index contributed by atoms with van der Waals surface area (Å²) in [6, 6.07) is 10.3. The van der Waals surface area contributed by atoms with Crippen molar-refractivity contribution in [1.29, 1.82) is 0 Å². The van der Waals surface area contributed by atoms with Crippen molar-refractivity contribution < 1.29 is 24.5 Å². The van der Waals surface area contributed by atoms with Crippen molar-refractivity contribution in [3.05, 3.63) is 64.2 Å². The van der Waals surface area contributed by atoms with Gasteiger partial charge in [-0.2, -0.15) is 0 Å². The fraction of sp³-hybridized carbons (Fsp3) is 0.304. The molecule has 0 aliphatic carbocycles. The Morgan fingerprint density at radius 2 is 1.83 bits per heavy atom. The third-order valence-corrected chi connectivity index (χ3v) is 5.26. The van der Waals surface area contributed by atoms with Crippen LogP contribution in [0, 0.1) is 0 Å². The number of ketones is 1. The molecule has 1 aliphatic rings. The van der Waals surface area contributed by atoms with E-state index in [0.717, 1.165) is 6.42 Å². The normalized spacial score (nSPS) is 18.1. The fourth-order valence-corrected chi connectivity index (χ4v) is 3.65. The van der Waals surface area contributed by atoms with Crippen LogP contribution in [0.3, 0.4) is 0 Å². The number of nitrogens with zero attached hydrogens (tertiary/aromatic N) is 1. The number of amides is 1. The summed E-state index contributed by atoms with van der Waals surface area (Å²) in [5.74, 6) is -1.45. The van der Waals surface area contributed by atoms with Crippen LogP contribution >= 0.6 is 11.6 Å². The Bertz CT molecular complexity index is 984. The number of Topliss-reactive ketones (excluding diaryl/α,β-unsaturated/α-hetero) is 1. The van der Waals surface area contributed by atoms with Gasteiger partial charge < -0.3 is 19.8 Å². The molecule has 1 saturated heterocycles. The number of carbonyl (C=O) groups excluding carboxylic acids is 2. The van der Waals surface area contributed by atoms with Gasteiger partial charge in [0.05, 0.1) is 18.2 Å². The molecule has 3 rings (SSSR count). The molecule has 1 heterocycles. The second kappa shape index (κ2) is 9.22. The summed E-state index contributed by atoms with van der Waals surface area (Å²) in [5.41, 5.74) is 0.968. The zero-order valence-electron chi connectivity index (χ0n) is 16.9. The van der Waals surface area contributed by atoms with Crippen molar-refractivity contribution in [3.8, 4) is 11.5 Å². The highest BCUT2D eigenvalue weighted by Crippen LogP contribution is 2.42. The molecule has 0 bridgehead atoms. The van der Waals surface area contributed by atoms with E-state index >= 15 is 0 Å². The molecule has 6 nitrogen and oxygen atoms in total. The lowest BCUT2D eigenvalue weighted by molar-refractivity contribution is -0.139. The van der Waals surface area contributed by atoms with E-state index in [1.54, 1.807) is 43.3 Å². The van der Waals surface area contributed by atoms with Crippen molar-refractivity contribution in [2.24, 2.45) is 0 Å². The van der Waals surface area contributed by atoms with Gasteiger partial charge in [0.15, 0.2) is 11.5 Å². The number of aliphatic hydroxyl groups is 1. The standard InChI is InChI=1S/C23H24ClNO5/c1-3-5-12-25-20(15-8-11-17(26)18(13-15)30-4-2)19(22(28)23(25)29)21(27)14-6-9-16(24)10-7-14/h6-11,13,20,26-27H,3-5,12H2,1-2H3/b21-19-. The summed E-state index contributed by atoms with van der Waals surface area (Å²) < 4.78 is 5.47. The van der Waals surface area contributed by atoms with E-state index in [9.17, 15) is 19.8 Å². The van der Waals surface area contributed by atoms with Crippen LogP contribution in [0.4, 0.5) is 0 Å². The highest BCUT2D eigenvalue weighted by atomic mass is 35.5. The molecular formula is C23H24ClNO5. The highest BCUT2D eigenvalue weighted by Gasteiger charge is 2.45. The van der Waals surface area contributed by atoms with Crippen LogP contribution in [0.25, 0.3) is 5.76 Å². The minimum Gasteiger partial charge on any atom is -0.507 e. The van der Waals surface area contributed by atoms with Gasteiger partial charge in [-0.25, -0.2) is 0 Å². The van der Waals surface area contributed by atoms with Gasteiger partial charge in [-0.1, -0.05) is 31.0 Å². The van der Waals surface area contributed by atoms with Crippen LogP contribution in [0.15, 0.2) is 48.0 Å². The van der Waals surface area contributed by atoms with E-state index < -0.39 is 17.7 Å². The maximum absolute atomic E-state index is 12.9. The Morgan fingerprint density at radius 1 is 1.13 bits per heavy atom. The van der Waals surface area contributed by atoms with E-state index in [4.69, 9.17) is 16.3 Å². The second-order valence-electron chi connectivity index (χ2n) is 7.01. The smallest absolute Gasteiger partial charge is 0.295 e. The first kappa shape index (κ1) is 21.7. The number of carbonyl (C=O) groups is 2. The summed E-state index contributed by atoms with van der Waals surface area (Å²) in [7, 11) is 0. The maximum atomic E-state index is 12.9. The number of rotatable bonds is 7. The third kappa shape index (κ3) is 4.14. The third-order valence-electron chi connectivity index (χ3n) is 5.01. The highest BCUT2D eigenvalue weighted by molar-refractivity contribution is 6.46. The van der Waals surface area contributed by atoms with Gasteiger partial charge in [0, 0.05) is 17.1 Å². The van der Waals surface area contributed by atoms with Crippen LogP contribution < -0.4 is 4.74 Å². The minimum absolute atomic E-state index is 0.00608. The van der Waals surface area contributed by atoms with Gasteiger partial charge in [0.2, 0.25) is 0 Å². The quantitative estimate of drug-likeness (QED) is 0.379. The topological polar surface area (TPSA) is 87.1 Å². The molecule has 1 unspecified atom stereocenters. The van der Waals surface area contributed by atoms with Crippen LogP contribution in [0.1, 0.15) is 43.9 Å². The Kier molecular flexibility index (Phi) is 6.67. The lowest BCUT2D eigenvalue weighted by Gasteiger charge is -2.25. The molecule has 2 N–H and O–H groups in total. The van der Waals surface area contributed by atoms with Gasteiger partial charge in [-0.3, -0.25) is 9.59 Å². The Labute approximate surface area is 180 Å². The number of hydrogen-bond acceptors (Lipinski definition) is 5. The Balaban J connectivity index is 2.17. The fourth-order valence-electron chi connectivity index (χ4n) is 3.52. The van der Waals surface area contributed by atoms with Gasteiger partial charge >= 0.3 is 0 Å². The predicted molar refractivity (Wildman–Crippen MR) is 115 cm³/mol. The van der Waals surface area contributed by atoms with Crippen molar-refractivity contribution in [2.45, 2.75) is 32.7 Å². The molecule has 1 amide bonds. The van der Waals surface area contributed by atoms with Gasteiger partial charge in [0.25, 0.3) is 11.7 Å². The first-order chi connectivity index (χ1) is 14.4. The Morgan fingerprint density at radius 3 is 2.47 bits per heavy atom. The first-order valence-electron chi connectivity index (χ1n) is 9.89. The van der Waals surface area contributed by atoms with E-state index in [-0.39, 0.29) is 22.8 Å². The van der Waals surface area contributed by atoms with Crippen molar-refractivity contribution in [3.63, 3.8) is 0 Å². The minimum atomic E-state index is -0.785. The first-order valence-corrected chi connectivity index (χ1v) is 10.3. The predicted octanol–water partition coefficient (Wildman–Crippen LogP) is 4.67. The molecule has 2 aromatic carbocycles. The summed E-state index contributed by atoms with van der Waals surface area (Å²) in [5, 5.41) is 21.5. The lowest BCUT2D eigenvalue weighted by Crippen LogP contribution is -2.30. The zero-order valence-corrected chi connectivity index (χ0v) is 17.6. The van der Waals surface area contributed by atoms with Crippen molar-refractivity contribution >= 4 is 29.1 Å². The molecule has 1 aliphatic heterocycles. The number of halogens is 1. The number of aromatic hydroxyl groups is 1. The molecule has 7 heteroatoms. The SMILES string of the molecule is CCCCN1C(=O)C(=O)/C(=C(\O)c2ccc(Cl)cc2)C1c1ccc(O)c(OCC)c1. The van der Waals surface area contributed by atoms with E-state index in [1.807, 2.05) is 6.92 Å². The number of ether oxygens (including phenoxy) is 1. The molecule has 0 saturated carbocycles. The molecular weight excluding hydrogens is 406 g/mol. The average Bonchev–Trinajstić information content (AvgIpc) is 2.98. The molecule has 1 atom stereocenters. The zero-order chi connectivity index (χ0) is 21.8. The maximum Gasteiger partial charge on any atom is 0.295 e. The van der Waals surface area contributed by atoms with Gasteiger partial charge in [-0.15, -0.1) is 0 Å². The van der Waals surface area contributed by atoms with Crippen LogP contribution in [-0.4, -0.2) is 40.0 Å². The van der Waals surface area contributed by atoms with Crippen molar-refractivity contribution in [1.82, 2.24) is 4.90 Å². The van der Waals surface area contributed by atoms with Crippen molar-refractivity contribution in [2.75, 3.05) is 13.2 Å². The second-order valence-corrected chi connectivity index (χ2v) is 7.45. The monoisotopic (exact) mass is 429 g/mol. The number of phenolic OH excluding ortho intramolecular Hbond substituents is 1. The molecule has 30 heavy (non-hydrogen) atoms. The number of phenols is 1. The number of benzene rings is 2. The summed E-state index contributed by atoms with van der Waals surface area (Å²) >= 11 is 5.93. The molecule has 1 fully saturated rings. The van der Waals surface area contributed by atoms with E-state index in [2.05, 4.69) is 0 Å². The number of hydrogen-bond donors (Lipinski definition) is 2. The molecule has 0 radical (unpaired) electrons. The molecule has 0 aromatic heterocycles. The number of unbranched alkanes of at least 4 members (excludes halogenated alkanes) is 1. The number of aliphatic hydroxyl groups excluding tert-OH is 1. The number of likely N-dealkylation sites (tertiary alicyclic amines) is 1. The summed E-state index contributed by atoms with van der Waals surface area (Å²) in [4.78, 5) is 27.2. The van der Waals surface area contributed by atoms with Gasteiger partial charge in [-0.05, 0) is 55.3 Å². The van der Waals surface area contributed by atoms with Crippen LogP contribution in [0.5, 0.6) is 11.5 Å². The summed E-state index contributed by atoms with van der Waals surface area (Å²) in [6.45, 7) is 4.50. The van der Waals surface area contributed by atoms with Crippen LogP contribution in [0.2, 0.25) is 5.02 Å². The van der Waals surface area contributed by atoms with Crippen LogP contribution in [-0.2, 0) is 9.59 Å². The molecule has 2 aromatic rings. The largest absolute Gasteiger partial charge is 0.507 e. The van der Waals surface area contributed by atoms with Gasteiger partial charge in [0.1, 0.15) is 5.76 Å². The van der Waals surface area contributed by atoms with E-state index in [1.165, 1.54) is 11.0 Å². The summed E-state index contributed by atoms with van der Waals surface area (Å²) in [6.07, 6.45) is 1.55.